The molecule has 104 valence electrons. The Kier molecular flexibility index (Phi) is 5.36. The number of carbonyl (C=O) groups excluding carboxylic acids is 1. The summed E-state index contributed by atoms with van der Waals surface area (Å²) in [7, 11) is 0. The van der Waals surface area contributed by atoms with Crippen LogP contribution in [0.4, 0.5) is 4.79 Å². The third-order valence-electron chi connectivity index (χ3n) is 3.06. The van der Waals surface area contributed by atoms with E-state index in [9.17, 15) is 19.8 Å². The number of amides is 2. The molecule has 1 heterocycles. The summed E-state index contributed by atoms with van der Waals surface area (Å²) in [6.07, 6.45) is -0.690. The summed E-state index contributed by atoms with van der Waals surface area (Å²) in [6.45, 7) is 2.26. The Morgan fingerprint density at radius 3 is 2.39 bits per heavy atom. The van der Waals surface area contributed by atoms with Gasteiger partial charge in [-0.1, -0.05) is 6.92 Å². The Morgan fingerprint density at radius 2 is 1.89 bits per heavy atom. The van der Waals surface area contributed by atoms with Gasteiger partial charge in [0.05, 0.1) is 31.2 Å². The number of nitrogens with zero attached hydrogens (tertiary/aromatic N) is 1. The van der Waals surface area contributed by atoms with Crippen molar-refractivity contribution in [1.82, 2.24) is 10.2 Å². The number of rotatable bonds is 5. The van der Waals surface area contributed by atoms with Gasteiger partial charge in [0, 0.05) is 6.54 Å². The molecule has 0 radical (unpaired) electrons. The minimum absolute atomic E-state index is 0.124. The highest BCUT2D eigenvalue weighted by atomic mass is 16.4. The van der Waals surface area contributed by atoms with E-state index in [-0.39, 0.29) is 19.1 Å². The standard InChI is InChI=1S/C11H20N2O5/c1-7(10(16)17)3-2-4-12-11(18)13-5-8(14)9(15)6-13/h7-9,14-15H,2-6H2,1H3,(H,12,18)(H,16,17). The number of hydrogen-bond donors (Lipinski definition) is 4. The summed E-state index contributed by atoms with van der Waals surface area (Å²) >= 11 is 0. The largest absolute Gasteiger partial charge is 0.481 e. The van der Waals surface area contributed by atoms with Gasteiger partial charge in [0.15, 0.2) is 0 Å². The molecule has 1 fully saturated rings. The van der Waals surface area contributed by atoms with Gasteiger partial charge in [-0.25, -0.2) is 4.79 Å². The van der Waals surface area contributed by atoms with Gasteiger partial charge in [-0.2, -0.15) is 0 Å². The molecule has 2 amide bonds. The molecule has 18 heavy (non-hydrogen) atoms. The number of aliphatic carboxylic acids is 1. The number of aliphatic hydroxyl groups excluding tert-OH is 2. The lowest BCUT2D eigenvalue weighted by atomic mass is 10.1. The first-order valence-electron chi connectivity index (χ1n) is 6.03. The van der Waals surface area contributed by atoms with Crippen LogP contribution in [-0.2, 0) is 4.79 Å². The average molecular weight is 260 g/mol. The molecule has 0 aliphatic carbocycles. The molecule has 3 atom stereocenters. The smallest absolute Gasteiger partial charge is 0.317 e. The van der Waals surface area contributed by atoms with Crippen molar-refractivity contribution in [3.05, 3.63) is 0 Å². The number of nitrogens with one attached hydrogen (secondary N) is 1. The predicted octanol–water partition coefficient (Wildman–Crippen LogP) is -0.766. The summed E-state index contributed by atoms with van der Waals surface area (Å²) in [6, 6.07) is -0.339. The molecular weight excluding hydrogens is 240 g/mol. The maximum absolute atomic E-state index is 11.6. The molecule has 0 aromatic rings. The number of carbonyl (C=O) groups is 2. The Hall–Kier alpha value is -1.34. The molecule has 7 nitrogen and oxygen atoms in total. The third-order valence-corrected chi connectivity index (χ3v) is 3.06. The average Bonchev–Trinajstić information content (AvgIpc) is 2.64. The van der Waals surface area contributed by atoms with Crippen LogP contribution in [-0.4, -0.2) is 64.1 Å². The topological polar surface area (TPSA) is 110 Å². The summed E-state index contributed by atoms with van der Waals surface area (Å²) in [5.74, 6) is -1.26. The molecule has 1 aliphatic rings. The molecule has 1 aliphatic heterocycles. The van der Waals surface area contributed by atoms with Crippen LogP contribution in [0.1, 0.15) is 19.8 Å². The van der Waals surface area contributed by atoms with Gasteiger partial charge < -0.3 is 25.5 Å². The predicted molar refractivity (Wildman–Crippen MR) is 63.0 cm³/mol. The Balaban J connectivity index is 2.16. The van der Waals surface area contributed by atoms with Gasteiger partial charge in [0.1, 0.15) is 0 Å². The molecule has 0 spiro atoms. The minimum atomic E-state index is -0.886. The van der Waals surface area contributed by atoms with Crippen LogP contribution in [0, 0.1) is 5.92 Å². The lowest BCUT2D eigenvalue weighted by Gasteiger charge is -2.16. The van der Waals surface area contributed by atoms with Gasteiger partial charge in [0.2, 0.25) is 0 Å². The maximum atomic E-state index is 11.6. The van der Waals surface area contributed by atoms with E-state index >= 15 is 0 Å². The molecule has 7 heteroatoms. The van der Waals surface area contributed by atoms with Crippen LogP contribution >= 0.6 is 0 Å². The normalized spacial score (nSPS) is 24.9. The van der Waals surface area contributed by atoms with E-state index in [1.807, 2.05) is 0 Å². The van der Waals surface area contributed by atoms with Crippen molar-refractivity contribution in [2.24, 2.45) is 5.92 Å². The van der Waals surface area contributed by atoms with E-state index in [0.29, 0.717) is 19.4 Å². The second-order valence-electron chi connectivity index (χ2n) is 4.65. The van der Waals surface area contributed by atoms with Crippen molar-refractivity contribution in [3.63, 3.8) is 0 Å². The Morgan fingerprint density at radius 1 is 1.33 bits per heavy atom. The van der Waals surface area contributed by atoms with Gasteiger partial charge in [-0.3, -0.25) is 4.79 Å². The number of hydrogen-bond acceptors (Lipinski definition) is 4. The van der Waals surface area contributed by atoms with E-state index in [0.717, 1.165) is 0 Å². The first-order chi connectivity index (χ1) is 8.41. The summed E-state index contributed by atoms with van der Waals surface area (Å²) in [5, 5.41) is 29.9. The molecular formula is C11H20N2O5. The summed E-state index contributed by atoms with van der Waals surface area (Å²) < 4.78 is 0. The van der Waals surface area contributed by atoms with Crippen LogP contribution in [0.5, 0.6) is 0 Å². The SMILES string of the molecule is CC(CCCNC(=O)N1CC(O)C(O)C1)C(=O)O. The Bertz CT molecular complexity index is 300. The second kappa shape index (κ2) is 6.55. The van der Waals surface area contributed by atoms with Gasteiger partial charge in [-0.15, -0.1) is 0 Å². The fraction of sp³-hybridized carbons (Fsp3) is 0.818. The lowest BCUT2D eigenvalue weighted by Crippen LogP contribution is -2.39. The first-order valence-corrected chi connectivity index (χ1v) is 6.03. The van der Waals surface area contributed by atoms with Crippen molar-refractivity contribution >= 4 is 12.0 Å². The van der Waals surface area contributed by atoms with E-state index in [2.05, 4.69) is 5.32 Å². The molecule has 1 rings (SSSR count). The quantitative estimate of drug-likeness (QED) is 0.485. The lowest BCUT2D eigenvalue weighted by molar-refractivity contribution is -0.141. The minimum Gasteiger partial charge on any atom is -0.481 e. The van der Waals surface area contributed by atoms with Crippen LogP contribution in [0.15, 0.2) is 0 Å². The molecule has 1 saturated heterocycles. The number of likely N-dealkylation sites (tertiary alicyclic amines) is 1. The van der Waals surface area contributed by atoms with Crippen molar-refractivity contribution < 1.29 is 24.9 Å². The molecule has 4 N–H and O–H groups in total. The van der Waals surface area contributed by atoms with Crippen LogP contribution in [0.3, 0.4) is 0 Å². The zero-order valence-corrected chi connectivity index (χ0v) is 10.4. The zero-order valence-electron chi connectivity index (χ0n) is 10.4. The van der Waals surface area contributed by atoms with Crippen LogP contribution in [0.25, 0.3) is 0 Å². The fourth-order valence-electron chi connectivity index (χ4n) is 1.77. The van der Waals surface area contributed by atoms with Gasteiger partial charge in [0.25, 0.3) is 0 Å². The highest BCUT2D eigenvalue weighted by Crippen LogP contribution is 2.10. The third kappa shape index (κ3) is 4.15. The molecule has 3 unspecified atom stereocenters. The highest BCUT2D eigenvalue weighted by Gasteiger charge is 2.32. The highest BCUT2D eigenvalue weighted by molar-refractivity contribution is 5.74. The maximum Gasteiger partial charge on any atom is 0.317 e. The van der Waals surface area contributed by atoms with Crippen molar-refractivity contribution in [2.75, 3.05) is 19.6 Å². The molecule has 0 aromatic heterocycles. The number of aliphatic hydroxyl groups is 2. The molecule has 0 aromatic carbocycles. The van der Waals surface area contributed by atoms with E-state index in [1.54, 1.807) is 6.92 Å². The van der Waals surface area contributed by atoms with E-state index in [1.165, 1.54) is 4.90 Å². The van der Waals surface area contributed by atoms with Crippen LogP contribution in [0.2, 0.25) is 0 Å². The van der Waals surface area contributed by atoms with Gasteiger partial charge >= 0.3 is 12.0 Å². The fourth-order valence-corrected chi connectivity index (χ4v) is 1.77. The van der Waals surface area contributed by atoms with Crippen molar-refractivity contribution in [3.8, 4) is 0 Å². The van der Waals surface area contributed by atoms with Crippen molar-refractivity contribution in [1.29, 1.82) is 0 Å². The zero-order chi connectivity index (χ0) is 13.7. The van der Waals surface area contributed by atoms with E-state index in [4.69, 9.17) is 5.11 Å². The summed E-state index contributed by atoms with van der Waals surface area (Å²) in [4.78, 5) is 23.5. The number of carboxylic acid groups (broad SMARTS) is 1. The van der Waals surface area contributed by atoms with E-state index < -0.39 is 24.1 Å². The first kappa shape index (κ1) is 14.7. The Labute approximate surface area is 105 Å². The van der Waals surface area contributed by atoms with Gasteiger partial charge in [-0.05, 0) is 12.8 Å². The number of urea groups is 1. The molecule has 0 saturated carbocycles. The number of carboxylic acids is 1. The number of β-amino-alcohol motifs (C(OH)–C–C–N with tert-alkyl or cyclic N) is 2. The monoisotopic (exact) mass is 260 g/mol. The van der Waals surface area contributed by atoms with Crippen LogP contribution < -0.4 is 5.32 Å². The molecule has 0 bridgehead atoms. The summed E-state index contributed by atoms with van der Waals surface area (Å²) in [5.41, 5.74) is 0. The second-order valence-corrected chi connectivity index (χ2v) is 4.65. The van der Waals surface area contributed by atoms with Crippen molar-refractivity contribution in [2.45, 2.75) is 32.0 Å².